The molecule has 1 aliphatic heterocycles. The van der Waals surface area contributed by atoms with Crippen LogP contribution in [-0.2, 0) is 6.54 Å². The molecule has 1 N–H and O–H groups in total. The SMILES string of the molecule is C[C@@H](NCc1cccc2c1OCO2)c1cccnc1. The van der Waals surface area contributed by atoms with E-state index in [-0.39, 0.29) is 6.04 Å². The Labute approximate surface area is 112 Å². The maximum absolute atomic E-state index is 5.49. The zero-order valence-electron chi connectivity index (χ0n) is 10.8. The lowest BCUT2D eigenvalue weighted by atomic mass is 10.1. The van der Waals surface area contributed by atoms with Gasteiger partial charge in [0.2, 0.25) is 6.79 Å². The summed E-state index contributed by atoms with van der Waals surface area (Å²) in [6, 6.07) is 10.2. The number of nitrogens with one attached hydrogen (secondary N) is 1. The second kappa shape index (κ2) is 5.28. The molecule has 0 bridgehead atoms. The Bertz CT molecular complexity index is 557. The molecule has 1 aliphatic rings. The van der Waals surface area contributed by atoms with Crippen LogP contribution in [0.15, 0.2) is 42.7 Å². The summed E-state index contributed by atoms with van der Waals surface area (Å²) in [7, 11) is 0. The van der Waals surface area contributed by atoms with Crippen LogP contribution in [0, 0.1) is 0 Å². The molecule has 0 amide bonds. The minimum atomic E-state index is 0.242. The fourth-order valence-corrected chi connectivity index (χ4v) is 2.14. The fraction of sp³-hybridized carbons (Fsp3) is 0.267. The Morgan fingerprint density at radius 2 is 2.21 bits per heavy atom. The summed E-state index contributed by atoms with van der Waals surface area (Å²) >= 11 is 0. The van der Waals surface area contributed by atoms with Crippen LogP contribution in [0.1, 0.15) is 24.1 Å². The zero-order chi connectivity index (χ0) is 13.1. The molecule has 4 nitrogen and oxygen atoms in total. The Morgan fingerprint density at radius 1 is 1.26 bits per heavy atom. The van der Waals surface area contributed by atoms with Crippen molar-refractivity contribution in [3.63, 3.8) is 0 Å². The number of aromatic nitrogens is 1. The number of hydrogen-bond acceptors (Lipinski definition) is 4. The van der Waals surface area contributed by atoms with E-state index in [0.717, 1.165) is 23.6 Å². The van der Waals surface area contributed by atoms with Gasteiger partial charge in [0.05, 0.1) is 0 Å². The predicted molar refractivity (Wildman–Crippen MR) is 72.1 cm³/mol. The Morgan fingerprint density at radius 3 is 3.05 bits per heavy atom. The number of fused-ring (bicyclic) bond motifs is 1. The molecule has 0 radical (unpaired) electrons. The molecule has 2 aromatic rings. The maximum atomic E-state index is 5.49. The van der Waals surface area contributed by atoms with E-state index < -0.39 is 0 Å². The Hall–Kier alpha value is -2.07. The standard InChI is InChI=1S/C15H16N2O2/c1-11(12-5-3-7-16-8-12)17-9-13-4-2-6-14-15(13)19-10-18-14/h2-8,11,17H,9-10H2,1H3/t11-/m1/s1. The summed E-state index contributed by atoms with van der Waals surface area (Å²) < 4.78 is 10.9. The summed E-state index contributed by atoms with van der Waals surface area (Å²) in [5.74, 6) is 1.68. The van der Waals surface area contributed by atoms with Gasteiger partial charge in [-0.05, 0) is 24.6 Å². The molecular weight excluding hydrogens is 240 g/mol. The van der Waals surface area contributed by atoms with Crippen molar-refractivity contribution in [2.45, 2.75) is 19.5 Å². The van der Waals surface area contributed by atoms with E-state index in [1.54, 1.807) is 6.20 Å². The van der Waals surface area contributed by atoms with Crippen molar-refractivity contribution < 1.29 is 9.47 Å². The van der Waals surface area contributed by atoms with Crippen LogP contribution in [0.3, 0.4) is 0 Å². The van der Waals surface area contributed by atoms with Gasteiger partial charge in [-0.2, -0.15) is 0 Å². The highest BCUT2D eigenvalue weighted by Gasteiger charge is 2.17. The summed E-state index contributed by atoms with van der Waals surface area (Å²) in [4.78, 5) is 4.13. The lowest BCUT2D eigenvalue weighted by molar-refractivity contribution is 0.173. The summed E-state index contributed by atoms with van der Waals surface area (Å²) in [5.41, 5.74) is 2.29. The molecule has 19 heavy (non-hydrogen) atoms. The third-order valence-electron chi connectivity index (χ3n) is 3.26. The minimum Gasteiger partial charge on any atom is -0.454 e. The van der Waals surface area contributed by atoms with Gasteiger partial charge in [-0.1, -0.05) is 18.2 Å². The van der Waals surface area contributed by atoms with Gasteiger partial charge in [0, 0.05) is 30.5 Å². The predicted octanol–water partition coefficient (Wildman–Crippen LogP) is 2.66. The molecule has 2 heterocycles. The minimum absolute atomic E-state index is 0.242. The van der Waals surface area contributed by atoms with Gasteiger partial charge in [0.1, 0.15) is 0 Å². The molecule has 1 aromatic heterocycles. The summed E-state index contributed by atoms with van der Waals surface area (Å²) in [6.45, 7) is 3.17. The monoisotopic (exact) mass is 256 g/mol. The number of pyridine rings is 1. The van der Waals surface area contributed by atoms with Gasteiger partial charge in [-0.15, -0.1) is 0 Å². The van der Waals surface area contributed by atoms with Crippen molar-refractivity contribution in [2.75, 3.05) is 6.79 Å². The second-order valence-corrected chi connectivity index (χ2v) is 4.54. The molecule has 0 spiro atoms. The molecule has 0 aliphatic carbocycles. The molecular formula is C15H16N2O2. The van der Waals surface area contributed by atoms with Crippen molar-refractivity contribution in [2.24, 2.45) is 0 Å². The summed E-state index contributed by atoms with van der Waals surface area (Å²) in [6.07, 6.45) is 3.66. The van der Waals surface area contributed by atoms with Gasteiger partial charge in [0.15, 0.2) is 11.5 Å². The van der Waals surface area contributed by atoms with Crippen molar-refractivity contribution in [3.05, 3.63) is 53.9 Å². The van der Waals surface area contributed by atoms with E-state index in [1.165, 1.54) is 5.56 Å². The van der Waals surface area contributed by atoms with Crippen molar-refractivity contribution in [3.8, 4) is 11.5 Å². The summed E-state index contributed by atoms with van der Waals surface area (Å²) in [5, 5.41) is 3.47. The molecule has 0 saturated carbocycles. The highest BCUT2D eigenvalue weighted by Crippen LogP contribution is 2.35. The average molecular weight is 256 g/mol. The number of rotatable bonds is 4. The largest absolute Gasteiger partial charge is 0.454 e. The van der Waals surface area contributed by atoms with Crippen LogP contribution in [0.5, 0.6) is 11.5 Å². The van der Waals surface area contributed by atoms with Gasteiger partial charge in [-0.3, -0.25) is 4.98 Å². The van der Waals surface area contributed by atoms with Crippen LogP contribution >= 0.6 is 0 Å². The first-order valence-corrected chi connectivity index (χ1v) is 6.35. The molecule has 0 unspecified atom stereocenters. The highest BCUT2D eigenvalue weighted by molar-refractivity contribution is 5.48. The van der Waals surface area contributed by atoms with Gasteiger partial charge < -0.3 is 14.8 Å². The Kier molecular flexibility index (Phi) is 3.33. The molecule has 4 heteroatoms. The lowest BCUT2D eigenvalue weighted by Crippen LogP contribution is -2.18. The number of para-hydroxylation sites is 1. The molecule has 0 saturated heterocycles. The number of hydrogen-bond donors (Lipinski definition) is 1. The maximum Gasteiger partial charge on any atom is 0.231 e. The first-order chi connectivity index (χ1) is 9.34. The molecule has 1 atom stereocenters. The normalized spacial score (nSPS) is 14.4. The second-order valence-electron chi connectivity index (χ2n) is 4.54. The van der Waals surface area contributed by atoms with Crippen LogP contribution in [-0.4, -0.2) is 11.8 Å². The first-order valence-electron chi connectivity index (χ1n) is 6.35. The topological polar surface area (TPSA) is 43.4 Å². The van der Waals surface area contributed by atoms with Crippen molar-refractivity contribution >= 4 is 0 Å². The molecule has 3 rings (SSSR count). The van der Waals surface area contributed by atoms with Gasteiger partial charge in [0.25, 0.3) is 0 Å². The molecule has 1 aromatic carbocycles. The van der Waals surface area contributed by atoms with E-state index >= 15 is 0 Å². The third kappa shape index (κ3) is 2.53. The quantitative estimate of drug-likeness (QED) is 0.913. The third-order valence-corrected chi connectivity index (χ3v) is 3.26. The number of ether oxygens (including phenoxy) is 2. The van der Waals surface area contributed by atoms with Crippen LogP contribution in [0.4, 0.5) is 0 Å². The smallest absolute Gasteiger partial charge is 0.231 e. The van der Waals surface area contributed by atoms with Crippen molar-refractivity contribution in [1.29, 1.82) is 0 Å². The average Bonchev–Trinajstić information content (AvgIpc) is 2.94. The lowest BCUT2D eigenvalue weighted by Gasteiger charge is -2.14. The zero-order valence-corrected chi connectivity index (χ0v) is 10.8. The van der Waals surface area contributed by atoms with E-state index in [4.69, 9.17) is 9.47 Å². The highest BCUT2D eigenvalue weighted by atomic mass is 16.7. The molecule has 0 fully saturated rings. The Balaban J connectivity index is 1.69. The van der Waals surface area contributed by atoms with Crippen LogP contribution in [0.25, 0.3) is 0 Å². The van der Waals surface area contributed by atoms with E-state index in [9.17, 15) is 0 Å². The van der Waals surface area contributed by atoms with E-state index in [1.807, 2.05) is 24.4 Å². The van der Waals surface area contributed by atoms with Gasteiger partial charge >= 0.3 is 0 Å². The van der Waals surface area contributed by atoms with E-state index in [2.05, 4.69) is 29.4 Å². The van der Waals surface area contributed by atoms with Crippen molar-refractivity contribution in [1.82, 2.24) is 10.3 Å². The molecule has 98 valence electrons. The van der Waals surface area contributed by atoms with Crippen LogP contribution < -0.4 is 14.8 Å². The van der Waals surface area contributed by atoms with E-state index in [0.29, 0.717) is 6.79 Å². The number of nitrogens with zero attached hydrogens (tertiary/aromatic N) is 1. The van der Waals surface area contributed by atoms with Crippen LogP contribution in [0.2, 0.25) is 0 Å². The number of benzene rings is 1. The fourth-order valence-electron chi connectivity index (χ4n) is 2.14. The van der Waals surface area contributed by atoms with Gasteiger partial charge in [-0.25, -0.2) is 0 Å². The first kappa shape index (κ1) is 12.0.